The van der Waals surface area contributed by atoms with Crippen LogP contribution in [0.15, 0.2) is 0 Å². The molecule has 0 spiro atoms. The van der Waals surface area contributed by atoms with Crippen LogP contribution in [0, 0.1) is 0 Å². The van der Waals surface area contributed by atoms with Crippen molar-refractivity contribution < 1.29 is 4.79 Å². The first kappa shape index (κ1) is 13.4. The maximum Gasteiger partial charge on any atom is 0.234 e. The van der Waals surface area contributed by atoms with Gasteiger partial charge < -0.3 is 11.1 Å². The highest BCUT2D eigenvalue weighted by Crippen LogP contribution is 1.95. The number of carbonyl (C=O) groups is 1. The van der Waals surface area contributed by atoms with Crippen molar-refractivity contribution in [2.45, 2.75) is 26.2 Å². The summed E-state index contributed by atoms with van der Waals surface area (Å²) in [5, 5.41) is 2.75. The van der Waals surface area contributed by atoms with Crippen LogP contribution in [0.2, 0.25) is 0 Å². The smallest absolute Gasteiger partial charge is 0.234 e. The highest BCUT2D eigenvalue weighted by Gasteiger charge is 2.04. The second-order valence-corrected chi connectivity index (χ2v) is 3.58. The number of carbonyl (C=O) groups excluding carboxylic acids is 1. The van der Waals surface area contributed by atoms with Gasteiger partial charge in [0.25, 0.3) is 0 Å². The predicted molar refractivity (Wildman–Crippen MR) is 59.1 cm³/mol. The van der Waals surface area contributed by atoms with Gasteiger partial charge in [-0.25, -0.2) is 0 Å². The van der Waals surface area contributed by atoms with Crippen molar-refractivity contribution in [2.24, 2.45) is 5.73 Å². The van der Waals surface area contributed by atoms with Crippen molar-refractivity contribution in [3.8, 4) is 0 Å². The maximum absolute atomic E-state index is 11.2. The van der Waals surface area contributed by atoms with E-state index in [0.29, 0.717) is 19.6 Å². The zero-order valence-electron chi connectivity index (χ0n) is 9.38. The van der Waals surface area contributed by atoms with Crippen LogP contribution in [0.5, 0.6) is 0 Å². The molecule has 0 unspecified atom stereocenters. The first-order chi connectivity index (χ1) is 6.70. The van der Waals surface area contributed by atoms with E-state index in [9.17, 15) is 4.79 Å². The van der Waals surface area contributed by atoms with Gasteiger partial charge in [0.15, 0.2) is 0 Å². The van der Waals surface area contributed by atoms with Crippen LogP contribution in [0.25, 0.3) is 0 Å². The lowest BCUT2D eigenvalue weighted by Crippen LogP contribution is -2.37. The molecule has 84 valence electrons. The number of rotatable bonds is 8. The second-order valence-electron chi connectivity index (χ2n) is 3.58. The minimum Gasteiger partial charge on any atom is -0.354 e. The standard InChI is InChI=1S/C10H23N3O/c1-3-4-5-8-13(2)9-10(14)12-7-6-11/h3-9,11H2,1-2H3,(H,12,14). The van der Waals surface area contributed by atoms with Crippen molar-refractivity contribution in [3.05, 3.63) is 0 Å². The summed E-state index contributed by atoms with van der Waals surface area (Å²) in [5.74, 6) is 0.0643. The largest absolute Gasteiger partial charge is 0.354 e. The third-order valence-corrected chi connectivity index (χ3v) is 2.02. The topological polar surface area (TPSA) is 58.4 Å². The predicted octanol–water partition coefficient (Wildman–Crippen LogP) is 0.183. The van der Waals surface area contributed by atoms with Gasteiger partial charge in [-0.2, -0.15) is 0 Å². The molecule has 4 heteroatoms. The highest BCUT2D eigenvalue weighted by atomic mass is 16.2. The molecule has 0 bridgehead atoms. The minimum atomic E-state index is 0.0643. The van der Waals surface area contributed by atoms with Crippen molar-refractivity contribution >= 4 is 5.91 Å². The molecule has 0 atom stereocenters. The zero-order valence-corrected chi connectivity index (χ0v) is 9.38. The van der Waals surface area contributed by atoms with Crippen molar-refractivity contribution in [1.29, 1.82) is 0 Å². The van der Waals surface area contributed by atoms with Gasteiger partial charge in [-0.15, -0.1) is 0 Å². The molecule has 0 aromatic carbocycles. The average Bonchev–Trinajstić information content (AvgIpc) is 2.15. The van der Waals surface area contributed by atoms with Crippen LogP contribution in [0.1, 0.15) is 26.2 Å². The van der Waals surface area contributed by atoms with E-state index in [1.807, 2.05) is 11.9 Å². The molecule has 0 saturated heterocycles. The number of nitrogens with zero attached hydrogens (tertiary/aromatic N) is 1. The summed E-state index contributed by atoms with van der Waals surface area (Å²) in [6, 6.07) is 0. The SMILES string of the molecule is CCCCCN(C)CC(=O)NCCN. The first-order valence-electron chi connectivity index (χ1n) is 5.36. The van der Waals surface area contributed by atoms with Gasteiger partial charge in [0.2, 0.25) is 5.91 Å². The molecule has 0 aromatic heterocycles. The lowest BCUT2D eigenvalue weighted by molar-refractivity contribution is -0.121. The van der Waals surface area contributed by atoms with Crippen LogP contribution < -0.4 is 11.1 Å². The summed E-state index contributed by atoms with van der Waals surface area (Å²) in [4.78, 5) is 13.3. The van der Waals surface area contributed by atoms with E-state index in [2.05, 4.69) is 12.2 Å². The van der Waals surface area contributed by atoms with Crippen LogP contribution in [0.4, 0.5) is 0 Å². The van der Waals surface area contributed by atoms with E-state index in [4.69, 9.17) is 5.73 Å². The number of likely N-dealkylation sites (N-methyl/N-ethyl adjacent to an activating group) is 1. The lowest BCUT2D eigenvalue weighted by Gasteiger charge is -2.15. The maximum atomic E-state index is 11.2. The molecule has 0 aliphatic rings. The zero-order chi connectivity index (χ0) is 10.8. The van der Waals surface area contributed by atoms with Gasteiger partial charge in [-0.05, 0) is 20.0 Å². The van der Waals surface area contributed by atoms with Crippen LogP contribution in [-0.4, -0.2) is 44.0 Å². The van der Waals surface area contributed by atoms with Crippen molar-refractivity contribution in [2.75, 3.05) is 33.2 Å². The number of nitrogens with one attached hydrogen (secondary N) is 1. The van der Waals surface area contributed by atoms with E-state index >= 15 is 0 Å². The van der Waals surface area contributed by atoms with E-state index in [1.165, 1.54) is 12.8 Å². The number of nitrogens with two attached hydrogens (primary N) is 1. The van der Waals surface area contributed by atoms with E-state index in [-0.39, 0.29) is 5.91 Å². The molecular weight excluding hydrogens is 178 g/mol. The van der Waals surface area contributed by atoms with E-state index < -0.39 is 0 Å². The van der Waals surface area contributed by atoms with Gasteiger partial charge in [0.1, 0.15) is 0 Å². The fraction of sp³-hybridized carbons (Fsp3) is 0.900. The van der Waals surface area contributed by atoms with Gasteiger partial charge in [-0.1, -0.05) is 19.8 Å². The first-order valence-corrected chi connectivity index (χ1v) is 5.36. The summed E-state index contributed by atoms with van der Waals surface area (Å²) in [6.45, 7) is 4.72. The molecule has 0 fully saturated rings. The van der Waals surface area contributed by atoms with Gasteiger partial charge in [0, 0.05) is 13.1 Å². The number of amides is 1. The number of hydrogen-bond donors (Lipinski definition) is 2. The fourth-order valence-electron chi connectivity index (χ4n) is 1.22. The Morgan fingerprint density at radius 1 is 1.43 bits per heavy atom. The Morgan fingerprint density at radius 2 is 2.14 bits per heavy atom. The quantitative estimate of drug-likeness (QED) is 0.551. The molecule has 4 nitrogen and oxygen atoms in total. The van der Waals surface area contributed by atoms with Gasteiger partial charge in [-0.3, -0.25) is 9.69 Å². The second kappa shape index (κ2) is 8.97. The Kier molecular flexibility index (Phi) is 8.57. The Bertz CT molecular complexity index is 150. The summed E-state index contributed by atoms with van der Waals surface area (Å²) in [7, 11) is 1.97. The summed E-state index contributed by atoms with van der Waals surface area (Å²) in [6.07, 6.45) is 3.61. The summed E-state index contributed by atoms with van der Waals surface area (Å²) < 4.78 is 0. The Morgan fingerprint density at radius 3 is 2.71 bits per heavy atom. The Balaban J connectivity index is 3.40. The minimum absolute atomic E-state index is 0.0643. The van der Waals surface area contributed by atoms with Crippen LogP contribution in [0.3, 0.4) is 0 Å². The molecule has 0 saturated carbocycles. The third-order valence-electron chi connectivity index (χ3n) is 2.02. The van der Waals surface area contributed by atoms with Crippen molar-refractivity contribution in [3.63, 3.8) is 0 Å². The molecule has 0 heterocycles. The summed E-state index contributed by atoms with van der Waals surface area (Å²) in [5.41, 5.74) is 5.28. The Labute approximate surface area is 86.8 Å². The number of hydrogen-bond acceptors (Lipinski definition) is 3. The third kappa shape index (κ3) is 8.01. The lowest BCUT2D eigenvalue weighted by atomic mass is 10.2. The summed E-state index contributed by atoms with van der Waals surface area (Å²) >= 11 is 0. The molecule has 0 aromatic rings. The average molecular weight is 201 g/mol. The Hall–Kier alpha value is -0.610. The molecule has 0 radical (unpaired) electrons. The normalized spacial score (nSPS) is 10.6. The molecule has 0 rings (SSSR count). The van der Waals surface area contributed by atoms with Crippen molar-refractivity contribution in [1.82, 2.24) is 10.2 Å². The van der Waals surface area contributed by atoms with Gasteiger partial charge in [0.05, 0.1) is 6.54 Å². The van der Waals surface area contributed by atoms with Crippen LogP contribution in [-0.2, 0) is 4.79 Å². The highest BCUT2D eigenvalue weighted by molar-refractivity contribution is 5.77. The van der Waals surface area contributed by atoms with E-state index in [0.717, 1.165) is 13.0 Å². The molecule has 1 amide bonds. The number of unbranched alkanes of at least 4 members (excludes halogenated alkanes) is 2. The van der Waals surface area contributed by atoms with Crippen LogP contribution >= 0.6 is 0 Å². The monoisotopic (exact) mass is 201 g/mol. The molecule has 0 aliphatic heterocycles. The fourth-order valence-corrected chi connectivity index (χ4v) is 1.22. The van der Waals surface area contributed by atoms with Gasteiger partial charge >= 0.3 is 0 Å². The molecule has 0 aliphatic carbocycles. The molecule has 3 N–H and O–H groups in total. The molecule has 14 heavy (non-hydrogen) atoms. The molecular formula is C10H23N3O. The van der Waals surface area contributed by atoms with E-state index in [1.54, 1.807) is 0 Å².